The number of nitrogen functional groups attached to an aromatic ring is 2. The molecule has 2 aromatic carbocycles. The Morgan fingerprint density at radius 2 is 1.22 bits per heavy atom. The van der Waals surface area contributed by atoms with E-state index in [1.807, 2.05) is 12.1 Å². The Hall–Kier alpha value is -9.24. The number of nitriles is 1. The largest absolute Gasteiger partial charge is 0.497 e. The van der Waals surface area contributed by atoms with Crippen molar-refractivity contribution >= 4 is 11.6 Å². The normalized spacial score (nSPS) is 13.4. The molecule has 1 atom stereocenters. The minimum Gasteiger partial charge on any atom is -0.497 e. The van der Waals surface area contributed by atoms with Crippen LogP contribution in [0.3, 0.4) is 0 Å². The summed E-state index contributed by atoms with van der Waals surface area (Å²) in [5.74, 6) is 1.24. The molecule has 0 spiro atoms. The van der Waals surface area contributed by atoms with Gasteiger partial charge >= 0.3 is 6.18 Å². The van der Waals surface area contributed by atoms with Gasteiger partial charge < -0.3 is 44.3 Å². The summed E-state index contributed by atoms with van der Waals surface area (Å²) in [6.07, 6.45) is 3.90. The van der Waals surface area contributed by atoms with Crippen molar-refractivity contribution in [1.82, 2.24) is 53.8 Å². The van der Waals surface area contributed by atoms with Gasteiger partial charge in [-0.3, -0.25) is 19.3 Å². The molecule has 1 aliphatic carbocycles. The molecule has 76 heavy (non-hydrogen) atoms. The lowest BCUT2D eigenvalue weighted by atomic mass is 9.67. The zero-order valence-electron chi connectivity index (χ0n) is 41.9. The SMILES string of the molecule is COc1cc(OCOC(Cn2cc(-c3cnc(N)c(-c4cn(C)c(=O)c(-c5cc(OC)cc(OC)c5)n4)n3)c(C)n2)CC(F)(F)F)cc(-c2nc(-c3nc(-c4ccc(C5(C#N)CCC5)nc4)cnc3N)cn(C)c2=O)c1. The van der Waals surface area contributed by atoms with Crippen molar-refractivity contribution in [3.63, 3.8) is 0 Å². The number of alkyl halides is 3. The number of hydrogen-bond acceptors (Lipinski definition) is 18. The van der Waals surface area contributed by atoms with Gasteiger partial charge in [-0.15, -0.1) is 0 Å². The number of pyridine rings is 1. The number of benzene rings is 2. The highest BCUT2D eigenvalue weighted by Gasteiger charge is 2.40. The third-order valence-electron chi connectivity index (χ3n) is 12.8. The van der Waals surface area contributed by atoms with Crippen LogP contribution in [0.5, 0.6) is 23.0 Å². The molecule has 6 aromatic heterocycles. The Labute approximate surface area is 431 Å². The summed E-state index contributed by atoms with van der Waals surface area (Å²) < 4.78 is 74.1. The predicted molar refractivity (Wildman–Crippen MR) is 272 cm³/mol. The zero-order valence-corrected chi connectivity index (χ0v) is 41.9. The Bertz CT molecular complexity index is 3640. The van der Waals surface area contributed by atoms with E-state index in [0.717, 1.165) is 19.3 Å². The number of aryl methyl sites for hydroxylation is 3. The minimum atomic E-state index is -4.64. The molecule has 0 aliphatic heterocycles. The number of hydrogen-bond donors (Lipinski definition) is 2. The highest BCUT2D eigenvalue weighted by molar-refractivity contribution is 5.75. The van der Waals surface area contributed by atoms with Crippen LogP contribution < -0.4 is 41.5 Å². The lowest BCUT2D eigenvalue weighted by molar-refractivity contribution is -0.171. The highest BCUT2D eigenvalue weighted by atomic mass is 19.4. The number of rotatable bonds is 17. The van der Waals surface area contributed by atoms with Crippen molar-refractivity contribution < 1.29 is 36.9 Å². The van der Waals surface area contributed by atoms with E-state index in [1.165, 1.54) is 85.3 Å². The molecule has 21 nitrogen and oxygen atoms in total. The maximum atomic E-state index is 14.1. The Morgan fingerprint density at radius 1 is 0.697 bits per heavy atom. The van der Waals surface area contributed by atoms with Crippen LogP contribution in [0.2, 0.25) is 0 Å². The molecule has 8 aromatic rings. The maximum absolute atomic E-state index is 14.1. The van der Waals surface area contributed by atoms with Gasteiger partial charge in [-0.1, -0.05) is 0 Å². The zero-order chi connectivity index (χ0) is 54.1. The number of nitrogens with zero attached hydrogens (tertiary/aromatic N) is 12. The standard InChI is InChI=1S/C52H49F3N14O7/c1-28-37(39-21-61-48(58)46(63-39)41-25-68(3)49(70)43(65-41)30-12-32(72-4)16-33(13-30)73-5)23-69(66-28)22-36(18-52(53,54)55)76-27-75-35-15-31(14-34(17-35)74-6)44-50(71)67(2)24-40(64-44)45-47(57)60-20-38(62-45)29-8-9-42(59-19-29)51(26-56)10-7-11-51/h8-9,12-17,19-21,23-25,36H,7,10-11,18,22,27H2,1-6H3,(H2,57,60)(H2,58,61). The van der Waals surface area contributed by atoms with Gasteiger partial charge in [0.25, 0.3) is 11.1 Å². The van der Waals surface area contributed by atoms with Gasteiger partial charge in [-0.25, -0.2) is 29.9 Å². The number of nitrogens with two attached hydrogens (primary N) is 2. The molecule has 9 rings (SSSR count). The van der Waals surface area contributed by atoms with Gasteiger partial charge in [0.2, 0.25) is 0 Å². The number of methoxy groups -OCH3 is 3. The molecular weight excluding hydrogens is 990 g/mol. The smallest absolute Gasteiger partial charge is 0.391 e. The molecule has 4 N–H and O–H groups in total. The molecule has 6 heterocycles. The first kappa shape index (κ1) is 51.7. The molecule has 390 valence electrons. The van der Waals surface area contributed by atoms with Gasteiger partial charge in [0.15, 0.2) is 18.4 Å². The van der Waals surface area contributed by atoms with Crippen LogP contribution in [0, 0.1) is 18.3 Å². The second-order valence-corrected chi connectivity index (χ2v) is 18.0. The van der Waals surface area contributed by atoms with Crippen molar-refractivity contribution in [3.05, 3.63) is 118 Å². The summed E-state index contributed by atoms with van der Waals surface area (Å²) in [5, 5.41) is 14.3. The van der Waals surface area contributed by atoms with Crippen LogP contribution in [0.25, 0.3) is 67.8 Å². The van der Waals surface area contributed by atoms with E-state index in [9.17, 15) is 28.0 Å². The fourth-order valence-electron chi connectivity index (χ4n) is 8.60. The number of ether oxygens (including phenoxy) is 5. The van der Waals surface area contributed by atoms with Crippen LogP contribution in [0.1, 0.15) is 37.1 Å². The van der Waals surface area contributed by atoms with Crippen LogP contribution in [-0.4, -0.2) is 94.2 Å². The van der Waals surface area contributed by atoms with Crippen molar-refractivity contribution in [2.24, 2.45) is 14.1 Å². The number of aromatic nitrogens is 11. The molecule has 24 heteroatoms. The van der Waals surface area contributed by atoms with Crippen molar-refractivity contribution in [2.75, 3.05) is 39.6 Å². The Morgan fingerprint density at radius 3 is 1.72 bits per heavy atom. The maximum Gasteiger partial charge on any atom is 0.391 e. The fourth-order valence-corrected chi connectivity index (χ4v) is 8.60. The van der Waals surface area contributed by atoms with Crippen molar-refractivity contribution in [1.29, 1.82) is 5.26 Å². The summed E-state index contributed by atoms with van der Waals surface area (Å²) in [7, 11) is 7.43. The van der Waals surface area contributed by atoms with Gasteiger partial charge in [0, 0.05) is 73.3 Å². The van der Waals surface area contributed by atoms with E-state index >= 15 is 0 Å². The molecule has 1 aliphatic rings. The summed E-state index contributed by atoms with van der Waals surface area (Å²) >= 11 is 0. The average molecular weight is 1040 g/mol. The van der Waals surface area contributed by atoms with Gasteiger partial charge in [0.1, 0.15) is 57.2 Å². The molecule has 1 unspecified atom stereocenters. The molecular formula is C52H49F3N14O7. The lowest BCUT2D eigenvalue weighted by Gasteiger charge is -2.34. The van der Waals surface area contributed by atoms with Crippen LogP contribution in [-0.2, 0) is 30.8 Å². The lowest BCUT2D eigenvalue weighted by Crippen LogP contribution is -2.33. The average Bonchev–Trinajstić information content (AvgIpc) is 3.79. The molecule has 0 amide bonds. The quantitative estimate of drug-likeness (QED) is 0.0881. The van der Waals surface area contributed by atoms with E-state index in [2.05, 4.69) is 36.1 Å². The summed E-state index contributed by atoms with van der Waals surface area (Å²) in [6.45, 7) is 0.645. The highest BCUT2D eigenvalue weighted by Crippen LogP contribution is 2.42. The Balaban J connectivity index is 0.938. The van der Waals surface area contributed by atoms with Gasteiger partial charge in [0.05, 0.1) is 87.1 Å². The second kappa shape index (κ2) is 20.9. The molecule has 0 radical (unpaired) electrons. The summed E-state index contributed by atoms with van der Waals surface area (Å²) in [4.78, 5) is 59.1. The first-order chi connectivity index (χ1) is 36.4. The van der Waals surface area contributed by atoms with Gasteiger partial charge in [-0.05, 0) is 62.6 Å². The van der Waals surface area contributed by atoms with Crippen LogP contribution in [0.15, 0.2) is 95.3 Å². The second-order valence-electron chi connectivity index (χ2n) is 18.0. The van der Waals surface area contributed by atoms with Crippen molar-refractivity contribution in [3.8, 4) is 96.9 Å². The Kier molecular flexibility index (Phi) is 14.2. The predicted octanol–water partition coefficient (Wildman–Crippen LogP) is 6.87. The molecule has 1 fully saturated rings. The first-order valence-electron chi connectivity index (χ1n) is 23.5. The monoisotopic (exact) mass is 1040 g/mol. The molecule has 0 saturated heterocycles. The summed E-state index contributed by atoms with van der Waals surface area (Å²) in [6, 6.07) is 15.4. The topological polar surface area (TPSA) is 274 Å². The van der Waals surface area contributed by atoms with E-state index in [0.29, 0.717) is 45.3 Å². The first-order valence-corrected chi connectivity index (χ1v) is 23.5. The van der Waals surface area contributed by atoms with E-state index in [1.54, 1.807) is 44.4 Å². The molecule has 0 bridgehead atoms. The van der Waals surface area contributed by atoms with Gasteiger partial charge in [-0.2, -0.15) is 23.5 Å². The molecule has 1 saturated carbocycles. The number of halogens is 3. The fraction of sp³-hybridized carbons (Fsp3) is 0.288. The van der Waals surface area contributed by atoms with Crippen molar-refractivity contribution in [2.45, 2.75) is 56.8 Å². The minimum absolute atomic E-state index is 0.000837. The third-order valence-corrected chi connectivity index (χ3v) is 12.8. The third kappa shape index (κ3) is 10.7. The van der Waals surface area contributed by atoms with E-state index in [-0.39, 0.29) is 75.1 Å². The van der Waals surface area contributed by atoms with Crippen LogP contribution >= 0.6 is 0 Å². The summed E-state index contributed by atoms with van der Waals surface area (Å²) in [5.41, 5.74) is 15.4. The van der Waals surface area contributed by atoms with E-state index < -0.39 is 42.0 Å². The van der Waals surface area contributed by atoms with E-state index in [4.69, 9.17) is 45.1 Å². The van der Waals surface area contributed by atoms with Crippen LogP contribution in [0.4, 0.5) is 24.8 Å². The number of anilines is 2.